The number of rotatable bonds is 9. The second-order valence-electron chi connectivity index (χ2n) is 8.66. The molecule has 0 radical (unpaired) electrons. The van der Waals surface area contributed by atoms with Crippen LogP contribution in [0.5, 0.6) is 0 Å². The maximum Gasteiger partial charge on any atom is 0.233 e. The first-order chi connectivity index (χ1) is 16.4. The summed E-state index contributed by atoms with van der Waals surface area (Å²) in [6, 6.07) is 14.4. The van der Waals surface area contributed by atoms with E-state index in [0.717, 1.165) is 36.3 Å². The van der Waals surface area contributed by atoms with E-state index in [9.17, 15) is 9.18 Å². The lowest BCUT2D eigenvalue weighted by Crippen LogP contribution is -2.28. The van der Waals surface area contributed by atoms with Gasteiger partial charge in [0.1, 0.15) is 5.82 Å². The van der Waals surface area contributed by atoms with Crippen LogP contribution in [-0.4, -0.2) is 65.2 Å². The van der Waals surface area contributed by atoms with Crippen LogP contribution in [0.1, 0.15) is 18.4 Å². The third-order valence-corrected chi connectivity index (χ3v) is 6.80. The number of hydrogen-bond donors (Lipinski definition) is 0. The summed E-state index contributed by atoms with van der Waals surface area (Å²) >= 11 is 1.36. The van der Waals surface area contributed by atoms with Crippen molar-refractivity contribution < 1.29 is 13.9 Å². The van der Waals surface area contributed by atoms with Gasteiger partial charge in [-0.1, -0.05) is 23.9 Å². The van der Waals surface area contributed by atoms with E-state index in [1.54, 1.807) is 17.0 Å². The Morgan fingerprint density at radius 3 is 2.50 bits per heavy atom. The zero-order chi connectivity index (χ0) is 24.1. The molecule has 2 aromatic carbocycles. The smallest absolute Gasteiger partial charge is 0.233 e. The van der Waals surface area contributed by atoms with Crippen LogP contribution in [0.2, 0.25) is 0 Å². The van der Waals surface area contributed by atoms with Crippen LogP contribution in [0.25, 0.3) is 11.4 Å². The molecule has 2 heterocycles. The fourth-order valence-electron chi connectivity index (χ4n) is 3.86. The SMILES string of the molecule is CN(Cc1ccc(N(C)C)cc1)C(=O)CSc1nnc(-c2ccc(F)cc2)n1CC1CCCO1. The number of anilines is 1. The molecule has 0 bridgehead atoms. The Morgan fingerprint density at radius 2 is 1.85 bits per heavy atom. The fourth-order valence-corrected chi connectivity index (χ4v) is 4.75. The molecule has 1 atom stereocenters. The molecular weight excluding hydrogens is 453 g/mol. The number of hydrogen-bond acceptors (Lipinski definition) is 6. The molecule has 1 aromatic heterocycles. The van der Waals surface area contributed by atoms with Crippen molar-refractivity contribution in [3.05, 3.63) is 59.9 Å². The average molecular weight is 484 g/mol. The molecular formula is C25H30FN5O2S. The highest BCUT2D eigenvalue weighted by molar-refractivity contribution is 7.99. The number of benzene rings is 2. The largest absolute Gasteiger partial charge is 0.378 e. The van der Waals surface area contributed by atoms with Crippen LogP contribution in [0, 0.1) is 5.82 Å². The highest BCUT2D eigenvalue weighted by atomic mass is 32.2. The van der Waals surface area contributed by atoms with Crippen molar-refractivity contribution >= 4 is 23.4 Å². The Labute approximate surface area is 203 Å². The summed E-state index contributed by atoms with van der Waals surface area (Å²) < 4.78 is 21.2. The van der Waals surface area contributed by atoms with Crippen LogP contribution in [0.3, 0.4) is 0 Å². The summed E-state index contributed by atoms with van der Waals surface area (Å²) in [6.45, 7) is 1.89. The molecule has 1 aliphatic rings. The fraction of sp³-hybridized carbons (Fsp3) is 0.400. The minimum Gasteiger partial charge on any atom is -0.378 e. The quantitative estimate of drug-likeness (QED) is 0.428. The van der Waals surface area contributed by atoms with Crippen LogP contribution < -0.4 is 4.90 Å². The Morgan fingerprint density at radius 1 is 1.12 bits per heavy atom. The van der Waals surface area contributed by atoms with Crippen molar-refractivity contribution in [2.45, 2.75) is 37.2 Å². The predicted molar refractivity (Wildman–Crippen MR) is 132 cm³/mol. The number of aromatic nitrogens is 3. The highest BCUT2D eigenvalue weighted by Crippen LogP contribution is 2.27. The molecule has 180 valence electrons. The van der Waals surface area contributed by atoms with E-state index in [4.69, 9.17) is 4.74 Å². The molecule has 4 rings (SSSR count). The van der Waals surface area contributed by atoms with E-state index in [1.807, 2.05) is 54.9 Å². The Kier molecular flexibility index (Phi) is 7.84. The van der Waals surface area contributed by atoms with E-state index in [1.165, 1.54) is 23.9 Å². The molecule has 3 aromatic rings. The standard InChI is InChI=1S/C25H30FN5O2S/c1-29(2)21-12-6-18(7-13-21)15-30(3)23(32)17-34-25-28-27-24(19-8-10-20(26)11-9-19)31(25)16-22-5-4-14-33-22/h6-13,22H,4-5,14-17H2,1-3H3. The van der Waals surface area contributed by atoms with Gasteiger partial charge in [-0.05, 0) is 54.8 Å². The van der Waals surface area contributed by atoms with Crippen LogP contribution in [-0.2, 0) is 22.6 Å². The summed E-state index contributed by atoms with van der Waals surface area (Å²) in [5, 5.41) is 9.37. The molecule has 0 aliphatic carbocycles. The van der Waals surface area contributed by atoms with Gasteiger partial charge in [0.05, 0.1) is 18.4 Å². The Bertz CT molecular complexity index is 1100. The second kappa shape index (κ2) is 11.0. The number of halogens is 1. The summed E-state index contributed by atoms with van der Waals surface area (Å²) in [6.07, 6.45) is 2.08. The summed E-state index contributed by atoms with van der Waals surface area (Å²) in [7, 11) is 5.81. The van der Waals surface area contributed by atoms with Crippen LogP contribution in [0.4, 0.5) is 10.1 Å². The van der Waals surface area contributed by atoms with E-state index < -0.39 is 0 Å². The lowest BCUT2D eigenvalue weighted by atomic mass is 10.2. The Balaban J connectivity index is 1.43. The van der Waals surface area contributed by atoms with Gasteiger partial charge in [-0.3, -0.25) is 9.36 Å². The number of carbonyl (C=O) groups excluding carboxylic acids is 1. The van der Waals surface area contributed by atoms with E-state index in [0.29, 0.717) is 24.1 Å². The third-order valence-electron chi connectivity index (χ3n) is 5.85. The van der Waals surface area contributed by atoms with Gasteiger partial charge in [0.15, 0.2) is 11.0 Å². The molecule has 9 heteroatoms. The monoisotopic (exact) mass is 483 g/mol. The zero-order valence-corrected chi connectivity index (χ0v) is 20.6. The van der Waals surface area contributed by atoms with E-state index >= 15 is 0 Å². The number of amides is 1. The number of nitrogens with zero attached hydrogens (tertiary/aromatic N) is 5. The summed E-state index contributed by atoms with van der Waals surface area (Å²) in [4.78, 5) is 16.6. The summed E-state index contributed by atoms with van der Waals surface area (Å²) in [5.41, 5.74) is 2.98. The van der Waals surface area contributed by atoms with Crippen molar-refractivity contribution in [3.63, 3.8) is 0 Å². The van der Waals surface area contributed by atoms with Crippen LogP contribution >= 0.6 is 11.8 Å². The molecule has 1 saturated heterocycles. The van der Waals surface area contributed by atoms with Gasteiger partial charge in [0, 0.05) is 45.5 Å². The molecule has 7 nitrogen and oxygen atoms in total. The third kappa shape index (κ3) is 5.95. The first kappa shape index (κ1) is 24.2. The molecule has 34 heavy (non-hydrogen) atoms. The zero-order valence-electron chi connectivity index (χ0n) is 19.8. The lowest BCUT2D eigenvalue weighted by molar-refractivity contribution is -0.127. The normalized spacial score (nSPS) is 15.5. The van der Waals surface area contributed by atoms with Crippen molar-refractivity contribution in [1.82, 2.24) is 19.7 Å². The van der Waals surface area contributed by atoms with Gasteiger partial charge < -0.3 is 14.5 Å². The summed E-state index contributed by atoms with van der Waals surface area (Å²) in [5.74, 6) is 0.615. The van der Waals surface area contributed by atoms with Gasteiger partial charge in [-0.2, -0.15) is 0 Å². The van der Waals surface area contributed by atoms with E-state index in [2.05, 4.69) is 10.2 Å². The van der Waals surface area contributed by atoms with Crippen molar-refractivity contribution in [2.24, 2.45) is 0 Å². The highest BCUT2D eigenvalue weighted by Gasteiger charge is 2.23. The number of thioether (sulfide) groups is 1. The first-order valence-electron chi connectivity index (χ1n) is 11.3. The molecule has 0 spiro atoms. The van der Waals surface area contributed by atoms with Gasteiger partial charge >= 0.3 is 0 Å². The predicted octanol–water partition coefficient (Wildman–Crippen LogP) is 4.08. The maximum absolute atomic E-state index is 13.4. The maximum atomic E-state index is 13.4. The molecule has 1 fully saturated rings. The molecule has 1 amide bonds. The number of ether oxygens (including phenoxy) is 1. The molecule has 1 unspecified atom stereocenters. The van der Waals surface area contributed by atoms with Gasteiger partial charge in [-0.15, -0.1) is 10.2 Å². The topological polar surface area (TPSA) is 63.5 Å². The van der Waals surface area contributed by atoms with Gasteiger partial charge in [0.2, 0.25) is 5.91 Å². The number of carbonyl (C=O) groups is 1. The average Bonchev–Trinajstić information content (AvgIpc) is 3.49. The Hall–Kier alpha value is -2.91. The first-order valence-corrected chi connectivity index (χ1v) is 12.3. The van der Waals surface area contributed by atoms with E-state index in [-0.39, 0.29) is 23.6 Å². The molecule has 0 N–H and O–H groups in total. The van der Waals surface area contributed by atoms with Crippen molar-refractivity contribution in [2.75, 3.05) is 38.4 Å². The van der Waals surface area contributed by atoms with Gasteiger partial charge in [0.25, 0.3) is 0 Å². The molecule has 0 saturated carbocycles. The lowest BCUT2D eigenvalue weighted by Gasteiger charge is -2.19. The second-order valence-corrected chi connectivity index (χ2v) is 9.60. The minimum atomic E-state index is -0.298. The van der Waals surface area contributed by atoms with Crippen molar-refractivity contribution in [1.29, 1.82) is 0 Å². The van der Waals surface area contributed by atoms with Gasteiger partial charge in [-0.25, -0.2) is 4.39 Å². The van der Waals surface area contributed by atoms with Crippen molar-refractivity contribution in [3.8, 4) is 11.4 Å². The van der Waals surface area contributed by atoms with Crippen LogP contribution in [0.15, 0.2) is 53.7 Å². The molecule has 1 aliphatic heterocycles. The minimum absolute atomic E-state index is 0.0108.